The number of aliphatic hydroxyl groups is 1. The molecule has 2 N–H and O–H groups in total. The van der Waals surface area contributed by atoms with Crippen LogP contribution in [0.1, 0.15) is 37.5 Å². The third kappa shape index (κ3) is 5.23. The average Bonchev–Trinajstić information content (AvgIpc) is 2.72. The summed E-state index contributed by atoms with van der Waals surface area (Å²) < 4.78 is 11.0. The minimum atomic E-state index is -0.792. The number of aryl methyl sites for hydroxylation is 1. The minimum Gasteiger partial charge on any atom is -0.481 e. The normalized spacial score (nSPS) is 13.1. The lowest BCUT2D eigenvalue weighted by atomic mass is 10.1. The zero-order valence-corrected chi connectivity index (χ0v) is 16.6. The molecule has 2 aromatic carbocycles. The van der Waals surface area contributed by atoms with Gasteiger partial charge < -0.3 is 19.6 Å². The number of aliphatic hydroxyl groups excluding tert-OH is 1. The summed E-state index contributed by atoms with van der Waals surface area (Å²) in [4.78, 5) is 24.1. The molecule has 0 aliphatic heterocycles. The maximum Gasteiger partial charge on any atom is 0.336 e. The molecule has 0 aliphatic rings. The lowest BCUT2D eigenvalue weighted by molar-refractivity contribution is -0.127. The Labute approximate surface area is 169 Å². The van der Waals surface area contributed by atoms with Crippen LogP contribution >= 0.6 is 0 Å². The van der Waals surface area contributed by atoms with Crippen molar-refractivity contribution in [1.82, 2.24) is 5.32 Å². The standard InChI is InChI=1S/C23H25NO5/c1-3-7-17-12-22(26)29-21-13-18(10-11-19(17)21)28-15(2)23(27)24-14-20(25)16-8-5-4-6-9-16/h4-6,8-13,15,20,25H,3,7,14H2,1-2H3,(H,24,27). The van der Waals surface area contributed by atoms with Crippen LogP contribution in [0, 0.1) is 0 Å². The predicted molar refractivity (Wildman–Crippen MR) is 111 cm³/mol. The van der Waals surface area contributed by atoms with Gasteiger partial charge in [0.2, 0.25) is 0 Å². The number of hydrogen-bond donors (Lipinski definition) is 2. The number of nitrogens with one attached hydrogen (secondary N) is 1. The fourth-order valence-corrected chi connectivity index (χ4v) is 3.15. The van der Waals surface area contributed by atoms with Crippen molar-refractivity contribution in [3.8, 4) is 5.75 Å². The lowest BCUT2D eigenvalue weighted by Gasteiger charge is -2.17. The van der Waals surface area contributed by atoms with Gasteiger partial charge in [-0.25, -0.2) is 4.79 Å². The van der Waals surface area contributed by atoms with Crippen molar-refractivity contribution in [3.05, 3.63) is 76.1 Å². The highest BCUT2D eigenvalue weighted by Gasteiger charge is 2.17. The Morgan fingerprint density at radius 2 is 1.93 bits per heavy atom. The van der Waals surface area contributed by atoms with Gasteiger partial charge in [0.05, 0.1) is 6.10 Å². The first-order chi connectivity index (χ1) is 14.0. The van der Waals surface area contributed by atoms with Crippen molar-refractivity contribution in [3.63, 3.8) is 0 Å². The van der Waals surface area contributed by atoms with Crippen LogP contribution in [0.5, 0.6) is 5.75 Å². The molecule has 0 fully saturated rings. The Kier molecular flexibility index (Phi) is 6.67. The molecule has 3 aromatic rings. The molecule has 6 heteroatoms. The van der Waals surface area contributed by atoms with E-state index in [9.17, 15) is 14.7 Å². The van der Waals surface area contributed by atoms with Crippen LogP contribution in [-0.2, 0) is 11.2 Å². The van der Waals surface area contributed by atoms with Gasteiger partial charge in [-0.15, -0.1) is 0 Å². The highest BCUT2D eigenvalue weighted by atomic mass is 16.5. The second-order valence-electron chi connectivity index (χ2n) is 6.93. The first-order valence-corrected chi connectivity index (χ1v) is 9.72. The van der Waals surface area contributed by atoms with Gasteiger partial charge in [-0.1, -0.05) is 43.7 Å². The summed E-state index contributed by atoms with van der Waals surface area (Å²) in [5.74, 6) is 0.0850. The maximum atomic E-state index is 12.3. The Morgan fingerprint density at radius 1 is 1.17 bits per heavy atom. The van der Waals surface area contributed by atoms with Crippen LogP contribution in [-0.4, -0.2) is 23.7 Å². The van der Waals surface area contributed by atoms with Crippen molar-refractivity contribution < 1.29 is 19.1 Å². The number of benzene rings is 2. The van der Waals surface area contributed by atoms with E-state index >= 15 is 0 Å². The molecular formula is C23H25NO5. The van der Waals surface area contributed by atoms with E-state index in [-0.39, 0.29) is 12.5 Å². The molecule has 1 heterocycles. The van der Waals surface area contributed by atoms with Crippen molar-refractivity contribution in [2.45, 2.75) is 38.9 Å². The largest absolute Gasteiger partial charge is 0.481 e. The molecule has 0 bridgehead atoms. The van der Waals surface area contributed by atoms with Crippen molar-refractivity contribution in [1.29, 1.82) is 0 Å². The summed E-state index contributed by atoms with van der Waals surface area (Å²) in [6.45, 7) is 3.76. The topological polar surface area (TPSA) is 88.8 Å². The zero-order chi connectivity index (χ0) is 20.8. The Balaban J connectivity index is 1.65. The quantitative estimate of drug-likeness (QED) is 0.571. The van der Waals surface area contributed by atoms with Gasteiger partial charge in [0.15, 0.2) is 6.10 Å². The van der Waals surface area contributed by atoms with Crippen LogP contribution in [0.2, 0.25) is 0 Å². The first-order valence-electron chi connectivity index (χ1n) is 9.72. The molecule has 152 valence electrons. The predicted octanol–water partition coefficient (Wildman–Crippen LogP) is 3.36. The van der Waals surface area contributed by atoms with Gasteiger partial charge in [-0.05, 0) is 36.6 Å². The van der Waals surface area contributed by atoms with Crippen LogP contribution in [0.25, 0.3) is 11.0 Å². The Morgan fingerprint density at radius 3 is 2.66 bits per heavy atom. The average molecular weight is 395 g/mol. The first kappa shape index (κ1) is 20.6. The summed E-state index contributed by atoms with van der Waals surface area (Å²) in [5, 5.41) is 13.7. The van der Waals surface area contributed by atoms with Crippen LogP contribution in [0.3, 0.4) is 0 Å². The van der Waals surface area contributed by atoms with Gasteiger partial charge in [-0.3, -0.25) is 4.79 Å². The number of hydrogen-bond acceptors (Lipinski definition) is 5. The lowest BCUT2D eigenvalue weighted by Crippen LogP contribution is -2.38. The monoisotopic (exact) mass is 395 g/mol. The number of rotatable bonds is 8. The van der Waals surface area contributed by atoms with E-state index in [1.807, 2.05) is 31.2 Å². The van der Waals surface area contributed by atoms with E-state index in [0.29, 0.717) is 11.3 Å². The van der Waals surface area contributed by atoms with Crippen LogP contribution in [0.15, 0.2) is 63.8 Å². The van der Waals surface area contributed by atoms with E-state index in [0.717, 1.165) is 29.4 Å². The smallest absolute Gasteiger partial charge is 0.336 e. The number of carbonyl (C=O) groups is 1. The summed E-state index contributed by atoms with van der Waals surface area (Å²) >= 11 is 0. The fraction of sp³-hybridized carbons (Fsp3) is 0.304. The molecule has 0 saturated heterocycles. The molecule has 3 rings (SSSR count). The third-order valence-electron chi connectivity index (χ3n) is 4.66. The Bertz CT molecular complexity index is 1030. The number of carbonyl (C=O) groups excluding carboxylic acids is 1. The molecule has 0 aliphatic carbocycles. The molecule has 2 unspecified atom stereocenters. The number of fused-ring (bicyclic) bond motifs is 1. The summed E-state index contributed by atoms with van der Waals surface area (Å²) in [6.07, 6.45) is 0.133. The van der Waals surface area contributed by atoms with Crippen molar-refractivity contribution in [2.24, 2.45) is 0 Å². The summed E-state index contributed by atoms with van der Waals surface area (Å²) in [7, 11) is 0. The van der Waals surface area contributed by atoms with E-state index in [1.54, 1.807) is 31.2 Å². The molecule has 1 aromatic heterocycles. The number of ether oxygens (including phenoxy) is 1. The molecule has 29 heavy (non-hydrogen) atoms. The molecule has 1 amide bonds. The van der Waals surface area contributed by atoms with Crippen molar-refractivity contribution >= 4 is 16.9 Å². The van der Waals surface area contributed by atoms with E-state index in [1.165, 1.54) is 6.07 Å². The fourth-order valence-electron chi connectivity index (χ4n) is 3.15. The van der Waals surface area contributed by atoms with Crippen LogP contribution in [0.4, 0.5) is 0 Å². The van der Waals surface area contributed by atoms with Gasteiger partial charge in [-0.2, -0.15) is 0 Å². The molecule has 2 atom stereocenters. The number of amides is 1. The van der Waals surface area contributed by atoms with Gasteiger partial charge in [0.25, 0.3) is 5.91 Å². The summed E-state index contributed by atoms with van der Waals surface area (Å²) in [5.41, 5.74) is 1.70. The zero-order valence-electron chi connectivity index (χ0n) is 16.6. The minimum absolute atomic E-state index is 0.0868. The SMILES string of the molecule is CCCc1cc(=O)oc2cc(OC(C)C(=O)NCC(O)c3ccccc3)ccc12. The molecular weight excluding hydrogens is 370 g/mol. The highest BCUT2D eigenvalue weighted by Crippen LogP contribution is 2.24. The van der Waals surface area contributed by atoms with E-state index in [4.69, 9.17) is 9.15 Å². The molecule has 0 saturated carbocycles. The maximum absolute atomic E-state index is 12.3. The molecule has 0 spiro atoms. The Hall–Kier alpha value is -3.12. The second kappa shape index (κ2) is 9.39. The molecule has 0 radical (unpaired) electrons. The summed E-state index contributed by atoms with van der Waals surface area (Å²) in [6, 6.07) is 15.8. The highest BCUT2D eigenvalue weighted by molar-refractivity contribution is 5.83. The third-order valence-corrected chi connectivity index (χ3v) is 4.66. The second-order valence-corrected chi connectivity index (χ2v) is 6.93. The van der Waals surface area contributed by atoms with Gasteiger partial charge >= 0.3 is 5.63 Å². The van der Waals surface area contributed by atoms with Crippen molar-refractivity contribution in [2.75, 3.05) is 6.54 Å². The van der Waals surface area contributed by atoms with E-state index in [2.05, 4.69) is 5.32 Å². The molecule has 6 nitrogen and oxygen atoms in total. The van der Waals surface area contributed by atoms with Crippen LogP contribution < -0.4 is 15.7 Å². The van der Waals surface area contributed by atoms with Gasteiger partial charge in [0, 0.05) is 24.1 Å². The van der Waals surface area contributed by atoms with Gasteiger partial charge in [0.1, 0.15) is 11.3 Å². The van der Waals surface area contributed by atoms with E-state index < -0.39 is 17.8 Å².